The monoisotopic (exact) mass is 379 g/mol. The highest BCUT2D eigenvalue weighted by Crippen LogP contribution is 2.21. The van der Waals surface area contributed by atoms with Crippen molar-refractivity contribution in [2.45, 2.75) is 19.3 Å². The molecule has 0 atom stereocenters. The summed E-state index contributed by atoms with van der Waals surface area (Å²) in [6.07, 6.45) is 7.22. The summed E-state index contributed by atoms with van der Waals surface area (Å²) in [5.41, 5.74) is 2.80. The zero-order valence-corrected chi connectivity index (χ0v) is 16.1. The topological polar surface area (TPSA) is 55.8 Å². The molecule has 1 aliphatic rings. The number of anilines is 1. The lowest BCUT2D eigenvalue weighted by Gasteiger charge is -2.28. The number of carbonyl (C=O) groups is 2. The Morgan fingerprint density at radius 1 is 0.964 bits per heavy atom. The minimum Gasteiger partial charge on any atom is -0.482 e. The molecule has 2 aromatic carbocycles. The van der Waals surface area contributed by atoms with Gasteiger partial charge in [0.25, 0.3) is 0 Å². The van der Waals surface area contributed by atoms with Gasteiger partial charge in [-0.1, -0.05) is 18.2 Å². The lowest BCUT2D eigenvalue weighted by molar-refractivity contribution is -0.142. The van der Waals surface area contributed by atoms with Gasteiger partial charge in [0.05, 0.1) is 7.11 Å². The molecule has 5 nitrogen and oxygen atoms in total. The molecule has 28 heavy (non-hydrogen) atoms. The third kappa shape index (κ3) is 5.46. The molecule has 1 heterocycles. The second kappa shape index (κ2) is 9.74. The van der Waals surface area contributed by atoms with Gasteiger partial charge in [0.2, 0.25) is 0 Å². The van der Waals surface area contributed by atoms with Crippen LogP contribution in [0.2, 0.25) is 0 Å². The van der Waals surface area contributed by atoms with Crippen molar-refractivity contribution < 1.29 is 19.1 Å². The largest absolute Gasteiger partial charge is 0.482 e. The zero-order chi connectivity index (χ0) is 19.8. The Labute approximate surface area is 165 Å². The molecule has 3 rings (SSSR count). The summed E-state index contributed by atoms with van der Waals surface area (Å²) >= 11 is 0. The quantitative estimate of drug-likeness (QED) is 0.411. The van der Waals surface area contributed by atoms with Crippen molar-refractivity contribution >= 4 is 23.5 Å². The van der Waals surface area contributed by atoms with E-state index in [9.17, 15) is 9.59 Å². The van der Waals surface area contributed by atoms with Crippen molar-refractivity contribution in [3.8, 4) is 5.75 Å². The number of carbonyl (C=O) groups excluding carboxylic acids is 2. The van der Waals surface area contributed by atoms with Gasteiger partial charge < -0.3 is 14.4 Å². The Balaban J connectivity index is 1.56. The Kier molecular flexibility index (Phi) is 6.84. The van der Waals surface area contributed by atoms with E-state index >= 15 is 0 Å². The van der Waals surface area contributed by atoms with E-state index in [4.69, 9.17) is 4.74 Å². The van der Waals surface area contributed by atoms with Gasteiger partial charge in [-0.2, -0.15) is 0 Å². The van der Waals surface area contributed by atoms with Gasteiger partial charge >= 0.3 is 5.97 Å². The molecular weight excluding hydrogens is 354 g/mol. The number of nitrogens with zero attached hydrogens (tertiary/aromatic N) is 1. The molecule has 0 saturated carbocycles. The fraction of sp³-hybridized carbons (Fsp3) is 0.304. The zero-order valence-electron chi connectivity index (χ0n) is 16.1. The van der Waals surface area contributed by atoms with E-state index in [1.807, 2.05) is 18.2 Å². The highest BCUT2D eigenvalue weighted by Gasteiger charge is 2.10. The number of allylic oxidation sites excluding steroid dienone is 1. The minimum absolute atomic E-state index is 0.0837. The summed E-state index contributed by atoms with van der Waals surface area (Å²) in [6.45, 7) is 2.08. The van der Waals surface area contributed by atoms with Crippen molar-refractivity contribution in [1.29, 1.82) is 0 Å². The van der Waals surface area contributed by atoms with Gasteiger partial charge in [-0.05, 0) is 67.3 Å². The molecule has 0 unspecified atom stereocenters. The smallest absolute Gasteiger partial charge is 0.343 e. The van der Waals surface area contributed by atoms with Crippen molar-refractivity contribution in [3.63, 3.8) is 0 Å². The molecule has 2 aromatic rings. The third-order valence-electron chi connectivity index (χ3n) is 4.76. The molecule has 1 aliphatic heterocycles. The Morgan fingerprint density at radius 2 is 1.64 bits per heavy atom. The van der Waals surface area contributed by atoms with Crippen LogP contribution in [-0.4, -0.2) is 38.6 Å². The van der Waals surface area contributed by atoms with Crippen LogP contribution in [0.4, 0.5) is 5.69 Å². The maximum atomic E-state index is 12.3. The second-order valence-electron chi connectivity index (χ2n) is 6.73. The predicted octanol–water partition coefficient (Wildman–Crippen LogP) is 4.12. The van der Waals surface area contributed by atoms with Crippen LogP contribution in [0, 0.1) is 0 Å². The number of hydrogen-bond donors (Lipinski definition) is 0. The number of esters is 1. The number of hydrogen-bond acceptors (Lipinski definition) is 5. The molecule has 0 spiro atoms. The normalized spacial score (nSPS) is 14.1. The minimum atomic E-state index is -0.450. The Hall–Kier alpha value is -3.08. The van der Waals surface area contributed by atoms with Gasteiger partial charge in [0, 0.05) is 24.3 Å². The SMILES string of the molecule is COC(=O)COc1ccc(C(=O)/C=C/c2ccc(N3CCCCC3)cc2)cc1. The van der Waals surface area contributed by atoms with E-state index in [1.54, 1.807) is 30.3 Å². The molecule has 5 heteroatoms. The van der Waals surface area contributed by atoms with Crippen molar-refractivity contribution in [2.75, 3.05) is 31.7 Å². The van der Waals surface area contributed by atoms with Crippen LogP contribution < -0.4 is 9.64 Å². The summed E-state index contributed by atoms with van der Waals surface area (Å²) in [6, 6.07) is 15.0. The summed E-state index contributed by atoms with van der Waals surface area (Å²) in [5, 5.41) is 0. The van der Waals surface area contributed by atoms with Gasteiger partial charge in [0.1, 0.15) is 5.75 Å². The molecule has 0 aliphatic carbocycles. The fourth-order valence-corrected chi connectivity index (χ4v) is 3.13. The first kappa shape index (κ1) is 19.7. The Morgan fingerprint density at radius 3 is 2.29 bits per heavy atom. The van der Waals surface area contributed by atoms with Gasteiger partial charge in [0.15, 0.2) is 12.4 Å². The second-order valence-corrected chi connectivity index (χ2v) is 6.73. The van der Waals surface area contributed by atoms with E-state index in [-0.39, 0.29) is 12.4 Å². The third-order valence-corrected chi connectivity index (χ3v) is 4.76. The summed E-state index contributed by atoms with van der Waals surface area (Å²) in [7, 11) is 1.31. The molecule has 0 aromatic heterocycles. The highest BCUT2D eigenvalue weighted by molar-refractivity contribution is 6.06. The van der Waals surface area contributed by atoms with Crippen molar-refractivity contribution in [1.82, 2.24) is 0 Å². The fourth-order valence-electron chi connectivity index (χ4n) is 3.13. The number of rotatable bonds is 7. The van der Waals surface area contributed by atoms with Crippen LogP contribution in [0.1, 0.15) is 35.2 Å². The summed E-state index contributed by atoms with van der Waals surface area (Å²) in [4.78, 5) is 25.8. The van der Waals surface area contributed by atoms with Crippen LogP contribution in [0.5, 0.6) is 5.75 Å². The van der Waals surface area contributed by atoms with Crippen LogP contribution >= 0.6 is 0 Å². The van der Waals surface area contributed by atoms with Gasteiger partial charge in [-0.15, -0.1) is 0 Å². The summed E-state index contributed by atoms with van der Waals surface area (Å²) < 4.78 is 9.80. The molecule has 146 valence electrons. The maximum absolute atomic E-state index is 12.3. The lowest BCUT2D eigenvalue weighted by atomic mass is 10.1. The molecule has 0 amide bonds. The first-order valence-electron chi connectivity index (χ1n) is 9.53. The lowest BCUT2D eigenvalue weighted by Crippen LogP contribution is -2.29. The first-order valence-corrected chi connectivity index (χ1v) is 9.53. The van der Waals surface area contributed by atoms with E-state index in [1.165, 1.54) is 32.1 Å². The molecule has 1 saturated heterocycles. The van der Waals surface area contributed by atoms with Crippen LogP contribution in [0.3, 0.4) is 0 Å². The van der Waals surface area contributed by atoms with E-state index in [0.717, 1.165) is 18.7 Å². The van der Waals surface area contributed by atoms with Gasteiger partial charge in [-0.25, -0.2) is 4.79 Å². The first-order chi connectivity index (χ1) is 13.7. The van der Waals surface area contributed by atoms with Crippen LogP contribution in [0.25, 0.3) is 6.08 Å². The maximum Gasteiger partial charge on any atom is 0.343 e. The molecule has 0 N–H and O–H groups in total. The van der Waals surface area contributed by atoms with Crippen molar-refractivity contribution in [3.05, 3.63) is 65.7 Å². The van der Waals surface area contributed by atoms with Crippen molar-refractivity contribution in [2.24, 2.45) is 0 Å². The molecule has 1 fully saturated rings. The van der Waals surface area contributed by atoms with Crippen LogP contribution in [-0.2, 0) is 9.53 Å². The average molecular weight is 379 g/mol. The number of benzene rings is 2. The van der Waals surface area contributed by atoms with E-state index in [2.05, 4.69) is 21.8 Å². The number of piperidine rings is 1. The standard InChI is InChI=1S/C23H25NO4/c1-27-23(26)17-28-21-12-8-19(9-13-21)22(25)14-7-18-5-10-20(11-6-18)24-15-3-2-4-16-24/h5-14H,2-4,15-17H2,1H3/b14-7+. The Bertz CT molecular complexity index is 819. The number of ether oxygens (including phenoxy) is 2. The van der Waals surface area contributed by atoms with Gasteiger partial charge in [-0.3, -0.25) is 4.79 Å². The number of methoxy groups -OCH3 is 1. The van der Waals surface area contributed by atoms with Crippen LogP contribution in [0.15, 0.2) is 54.6 Å². The van der Waals surface area contributed by atoms with E-state index < -0.39 is 5.97 Å². The molecule has 0 radical (unpaired) electrons. The predicted molar refractivity (Wildman–Crippen MR) is 110 cm³/mol. The number of ketones is 1. The molecule has 0 bridgehead atoms. The average Bonchev–Trinajstić information content (AvgIpc) is 2.77. The molecular formula is C23H25NO4. The highest BCUT2D eigenvalue weighted by atomic mass is 16.6. The summed E-state index contributed by atoms with van der Waals surface area (Å²) in [5.74, 6) is -0.0201. The van der Waals surface area contributed by atoms with E-state index in [0.29, 0.717) is 11.3 Å².